The lowest BCUT2D eigenvalue weighted by Crippen LogP contribution is -2.13. The highest BCUT2D eigenvalue weighted by Gasteiger charge is 2.16. The molecule has 0 unspecified atom stereocenters. The maximum Gasteiger partial charge on any atom is 0.242 e. The molecule has 4 heteroatoms. The fourth-order valence-corrected chi connectivity index (χ4v) is 1.04. The number of ketones is 1. The summed E-state index contributed by atoms with van der Waals surface area (Å²) in [6.07, 6.45) is 7.26. The number of rotatable bonds is 2. The zero-order valence-corrected chi connectivity index (χ0v) is 6.32. The SMILES string of the molecule is O=C(C1=NC=CC1)c1ncc[nH]1. The molecule has 0 saturated carbocycles. The summed E-state index contributed by atoms with van der Waals surface area (Å²) >= 11 is 0. The standard InChI is InChI=1S/C8H7N3O/c12-7(6-2-1-3-9-6)8-10-4-5-11-8/h1,3-5H,2H2,(H,10,11). The zero-order chi connectivity index (χ0) is 8.39. The summed E-state index contributed by atoms with van der Waals surface area (Å²) in [6, 6.07) is 0. The topological polar surface area (TPSA) is 58.1 Å². The van der Waals surface area contributed by atoms with Crippen LogP contribution in [0.3, 0.4) is 0 Å². The van der Waals surface area contributed by atoms with E-state index in [1.54, 1.807) is 18.6 Å². The van der Waals surface area contributed by atoms with Crippen LogP contribution >= 0.6 is 0 Å². The summed E-state index contributed by atoms with van der Waals surface area (Å²) in [6.45, 7) is 0. The van der Waals surface area contributed by atoms with Gasteiger partial charge in [0.15, 0.2) is 5.82 Å². The van der Waals surface area contributed by atoms with Gasteiger partial charge in [0, 0.05) is 25.0 Å². The van der Waals surface area contributed by atoms with Crippen LogP contribution < -0.4 is 0 Å². The molecule has 0 atom stereocenters. The molecule has 1 aliphatic heterocycles. The van der Waals surface area contributed by atoms with Crippen molar-refractivity contribution in [2.45, 2.75) is 6.42 Å². The molecule has 0 aliphatic carbocycles. The number of carbonyl (C=O) groups excluding carboxylic acids is 1. The lowest BCUT2D eigenvalue weighted by atomic mass is 10.2. The summed E-state index contributed by atoms with van der Waals surface area (Å²) < 4.78 is 0. The van der Waals surface area contributed by atoms with Gasteiger partial charge in [-0.15, -0.1) is 0 Å². The highest BCUT2D eigenvalue weighted by Crippen LogP contribution is 2.04. The summed E-state index contributed by atoms with van der Waals surface area (Å²) in [7, 11) is 0. The number of hydrogen-bond acceptors (Lipinski definition) is 3. The third-order valence-electron chi connectivity index (χ3n) is 1.62. The molecule has 0 saturated heterocycles. The van der Waals surface area contributed by atoms with E-state index in [2.05, 4.69) is 15.0 Å². The van der Waals surface area contributed by atoms with Crippen LogP contribution in [-0.4, -0.2) is 21.5 Å². The summed E-state index contributed by atoms with van der Waals surface area (Å²) in [5.74, 6) is 0.238. The van der Waals surface area contributed by atoms with Gasteiger partial charge in [-0.25, -0.2) is 4.98 Å². The van der Waals surface area contributed by atoms with E-state index in [9.17, 15) is 4.79 Å². The quantitative estimate of drug-likeness (QED) is 0.656. The van der Waals surface area contributed by atoms with Gasteiger partial charge in [-0.2, -0.15) is 0 Å². The van der Waals surface area contributed by atoms with Crippen LogP contribution in [0.1, 0.15) is 17.0 Å². The Morgan fingerprint density at radius 1 is 1.58 bits per heavy atom. The lowest BCUT2D eigenvalue weighted by molar-refractivity contribution is 0.105. The molecule has 1 aliphatic rings. The van der Waals surface area contributed by atoms with Crippen LogP contribution in [0.25, 0.3) is 0 Å². The van der Waals surface area contributed by atoms with Gasteiger partial charge >= 0.3 is 0 Å². The van der Waals surface area contributed by atoms with Crippen molar-refractivity contribution >= 4 is 11.5 Å². The zero-order valence-electron chi connectivity index (χ0n) is 6.32. The lowest BCUT2D eigenvalue weighted by Gasteiger charge is -1.93. The van der Waals surface area contributed by atoms with Crippen LogP contribution in [0.2, 0.25) is 0 Å². The number of imidazole rings is 1. The number of Topliss-reactive ketones (excluding diaryl/α,β-unsaturated/α-hetero) is 1. The molecule has 12 heavy (non-hydrogen) atoms. The predicted molar refractivity (Wildman–Crippen MR) is 44.1 cm³/mol. The first-order valence-corrected chi connectivity index (χ1v) is 3.63. The van der Waals surface area contributed by atoms with E-state index < -0.39 is 0 Å². The molecule has 4 nitrogen and oxygen atoms in total. The third-order valence-corrected chi connectivity index (χ3v) is 1.62. The van der Waals surface area contributed by atoms with E-state index in [4.69, 9.17) is 0 Å². The summed E-state index contributed by atoms with van der Waals surface area (Å²) in [4.78, 5) is 22.0. The highest BCUT2D eigenvalue weighted by molar-refractivity contribution is 6.45. The first kappa shape index (κ1) is 6.97. The van der Waals surface area contributed by atoms with Crippen molar-refractivity contribution in [3.8, 4) is 0 Å². The Morgan fingerprint density at radius 3 is 3.08 bits per heavy atom. The van der Waals surface area contributed by atoms with Crippen molar-refractivity contribution in [3.63, 3.8) is 0 Å². The van der Waals surface area contributed by atoms with E-state index >= 15 is 0 Å². The van der Waals surface area contributed by atoms with Gasteiger partial charge in [0.25, 0.3) is 0 Å². The number of H-pyrrole nitrogens is 1. The number of aromatic nitrogens is 2. The molecule has 0 bridgehead atoms. The molecule has 0 aromatic carbocycles. The van der Waals surface area contributed by atoms with Gasteiger partial charge in [0.1, 0.15) is 0 Å². The maximum absolute atomic E-state index is 11.4. The molecule has 1 aromatic heterocycles. The van der Waals surface area contributed by atoms with Gasteiger partial charge in [0.2, 0.25) is 5.78 Å². The minimum absolute atomic E-state index is 0.120. The van der Waals surface area contributed by atoms with Crippen molar-refractivity contribution in [2.24, 2.45) is 4.99 Å². The van der Waals surface area contributed by atoms with Crippen LogP contribution in [0, 0.1) is 0 Å². The molecular formula is C8H7N3O. The molecule has 60 valence electrons. The molecule has 1 aromatic rings. The average molecular weight is 161 g/mol. The van der Waals surface area contributed by atoms with E-state index in [1.807, 2.05) is 6.08 Å². The third kappa shape index (κ3) is 1.07. The Hall–Kier alpha value is -1.71. The van der Waals surface area contributed by atoms with Gasteiger partial charge in [-0.3, -0.25) is 9.79 Å². The Bertz CT molecular complexity index is 348. The van der Waals surface area contributed by atoms with Crippen molar-refractivity contribution in [2.75, 3.05) is 0 Å². The van der Waals surface area contributed by atoms with E-state index in [0.717, 1.165) is 0 Å². The number of hydrogen-bond donors (Lipinski definition) is 1. The number of nitrogens with zero attached hydrogens (tertiary/aromatic N) is 2. The van der Waals surface area contributed by atoms with E-state index in [-0.39, 0.29) is 5.78 Å². The first-order valence-electron chi connectivity index (χ1n) is 3.63. The maximum atomic E-state index is 11.4. The van der Waals surface area contributed by atoms with Gasteiger partial charge < -0.3 is 4.98 Å². The molecule has 2 rings (SSSR count). The largest absolute Gasteiger partial charge is 0.342 e. The average Bonchev–Trinajstić information content (AvgIpc) is 2.77. The number of aliphatic imine (C=N–C) groups is 1. The Labute approximate surface area is 69.0 Å². The highest BCUT2D eigenvalue weighted by atomic mass is 16.1. The van der Waals surface area contributed by atoms with Crippen molar-refractivity contribution in [1.82, 2.24) is 9.97 Å². The second kappa shape index (κ2) is 2.73. The molecule has 0 radical (unpaired) electrons. The van der Waals surface area contributed by atoms with Crippen LogP contribution in [0.5, 0.6) is 0 Å². The molecule has 2 heterocycles. The molecule has 0 spiro atoms. The molecular weight excluding hydrogens is 154 g/mol. The van der Waals surface area contributed by atoms with Crippen molar-refractivity contribution in [1.29, 1.82) is 0 Å². The number of nitrogens with one attached hydrogen (secondary N) is 1. The van der Waals surface area contributed by atoms with Gasteiger partial charge in [0.05, 0.1) is 5.71 Å². The van der Waals surface area contributed by atoms with Gasteiger partial charge in [-0.1, -0.05) is 6.08 Å². The van der Waals surface area contributed by atoms with Crippen molar-refractivity contribution in [3.05, 3.63) is 30.5 Å². The number of allylic oxidation sites excluding steroid dienone is 1. The smallest absolute Gasteiger partial charge is 0.242 e. The summed E-state index contributed by atoms with van der Waals surface area (Å²) in [5.41, 5.74) is 0.546. The van der Waals surface area contributed by atoms with E-state index in [1.165, 1.54) is 0 Å². The molecule has 0 fully saturated rings. The van der Waals surface area contributed by atoms with Crippen LogP contribution in [0.15, 0.2) is 29.7 Å². The minimum atomic E-state index is -0.120. The fourth-order valence-electron chi connectivity index (χ4n) is 1.04. The van der Waals surface area contributed by atoms with Gasteiger partial charge in [-0.05, 0) is 0 Å². The first-order chi connectivity index (χ1) is 5.88. The van der Waals surface area contributed by atoms with Crippen molar-refractivity contribution < 1.29 is 4.79 Å². The van der Waals surface area contributed by atoms with Crippen LogP contribution in [-0.2, 0) is 0 Å². The molecule has 0 amide bonds. The van der Waals surface area contributed by atoms with E-state index in [0.29, 0.717) is 18.0 Å². The Balaban J connectivity index is 2.22. The predicted octanol–water partition coefficient (Wildman–Crippen LogP) is 0.951. The monoisotopic (exact) mass is 161 g/mol. The number of carbonyl (C=O) groups is 1. The normalized spacial score (nSPS) is 14.8. The molecule has 1 N–H and O–H groups in total. The minimum Gasteiger partial charge on any atom is -0.342 e. The summed E-state index contributed by atoms with van der Waals surface area (Å²) in [5, 5.41) is 0. The van der Waals surface area contributed by atoms with Crippen LogP contribution in [0.4, 0.5) is 0 Å². The fraction of sp³-hybridized carbons (Fsp3) is 0.125. The Kier molecular flexibility index (Phi) is 1.59. The number of aromatic amines is 1. The second-order valence-corrected chi connectivity index (χ2v) is 2.43. The second-order valence-electron chi connectivity index (χ2n) is 2.43. The Morgan fingerprint density at radius 2 is 2.50 bits per heavy atom.